The summed E-state index contributed by atoms with van der Waals surface area (Å²) >= 11 is 0. The van der Waals surface area contributed by atoms with Crippen molar-refractivity contribution in [2.75, 3.05) is 12.4 Å². The fraction of sp³-hybridized carbons (Fsp3) is 0.562. The maximum atomic E-state index is 11.6. The Balaban J connectivity index is 2.45. The Hall–Kier alpha value is -1.51. The zero-order valence-corrected chi connectivity index (χ0v) is 12.3. The van der Waals surface area contributed by atoms with Crippen LogP contribution in [0.4, 0.5) is 5.69 Å². The summed E-state index contributed by atoms with van der Waals surface area (Å²) in [6.07, 6.45) is 6.33. The molecule has 0 saturated heterocycles. The summed E-state index contributed by atoms with van der Waals surface area (Å²) in [5.74, 6) is -0.0424. The summed E-state index contributed by atoms with van der Waals surface area (Å²) < 4.78 is 0. The Labute approximate surface area is 116 Å². The highest BCUT2D eigenvalue weighted by Crippen LogP contribution is 2.14. The molecule has 19 heavy (non-hydrogen) atoms. The van der Waals surface area contributed by atoms with E-state index in [-0.39, 0.29) is 5.91 Å². The molecule has 3 heteroatoms. The molecule has 1 unspecified atom stereocenters. The first-order valence-corrected chi connectivity index (χ1v) is 7.26. The number of benzene rings is 1. The molecule has 1 rings (SSSR count). The van der Waals surface area contributed by atoms with Gasteiger partial charge in [-0.3, -0.25) is 4.79 Å². The molecule has 0 radical (unpaired) electrons. The number of carbonyl (C=O) groups excluding carboxylic acids is 1. The average molecular weight is 262 g/mol. The van der Waals surface area contributed by atoms with E-state index in [1.165, 1.54) is 32.1 Å². The molecule has 0 spiro atoms. The van der Waals surface area contributed by atoms with Crippen molar-refractivity contribution in [1.82, 2.24) is 5.32 Å². The van der Waals surface area contributed by atoms with E-state index >= 15 is 0 Å². The van der Waals surface area contributed by atoms with Crippen LogP contribution < -0.4 is 10.6 Å². The van der Waals surface area contributed by atoms with Crippen LogP contribution in [0, 0.1) is 0 Å². The van der Waals surface area contributed by atoms with Gasteiger partial charge in [-0.15, -0.1) is 0 Å². The molecule has 0 aromatic heterocycles. The summed E-state index contributed by atoms with van der Waals surface area (Å²) in [6.45, 7) is 4.42. The molecular formula is C16H26N2O. The van der Waals surface area contributed by atoms with Gasteiger partial charge in [0.1, 0.15) is 0 Å². The molecule has 2 N–H and O–H groups in total. The van der Waals surface area contributed by atoms with E-state index in [4.69, 9.17) is 0 Å². The predicted molar refractivity (Wildman–Crippen MR) is 81.7 cm³/mol. The van der Waals surface area contributed by atoms with Crippen LogP contribution in [0.25, 0.3) is 0 Å². The van der Waals surface area contributed by atoms with Crippen LogP contribution in [0.3, 0.4) is 0 Å². The number of carbonyl (C=O) groups is 1. The number of rotatable bonds is 8. The Morgan fingerprint density at radius 2 is 2.05 bits per heavy atom. The van der Waals surface area contributed by atoms with Crippen LogP contribution in [-0.4, -0.2) is 19.0 Å². The first-order valence-electron chi connectivity index (χ1n) is 7.26. The highest BCUT2D eigenvalue weighted by molar-refractivity contribution is 5.94. The molecule has 1 aromatic carbocycles. The molecule has 1 aromatic rings. The minimum Gasteiger partial charge on any atom is -0.383 e. The average Bonchev–Trinajstić information content (AvgIpc) is 2.43. The fourth-order valence-corrected chi connectivity index (χ4v) is 2.13. The van der Waals surface area contributed by atoms with E-state index < -0.39 is 0 Å². The highest BCUT2D eigenvalue weighted by atomic mass is 16.1. The van der Waals surface area contributed by atoms with Gasteiger partial charge in [0.15, 0.2) is 0 Å². The second-order valence-electron chi connectivity index (χ2n) is 5.05. The van der Waals surface area contributed by atoms with Gasteiger partial charge in [0.25, 0.3) is 5.91 Å². The maximum absolute atomic E-state index is 11.6. The normalized spacial score (nSPS) is 11.9. The van der Waals surface area contributed by atoms with Crippen LogP contribution in [0.15, 0.2) is 24.3 Å². The van der Waals surface area contributed by atoms with Gasteiger partial charge in [-0.2, -0.15) is 0 Å². The van der Waals surface area contributed by atoms with Crippen LogP contribution >= 0.6 is 0 Å². The topological polar surface area (TPSA) is 41.1 Å². The van der Waals surface area contributed by atoms with Gasteiger partial charge in [-0.25, -0.2) is 0 Å². The number of anilines is 1. The van der Waals surface area contributed by atoms with Gasteiger partial charge >= 0.3 is 0 Å². The number of unbranched alkanes of at least 4 members (excludes halogenated alkanes) is 3. The van der Waals surface area contributed by atoms with Crippen LogP contribution in [-0.2, 0) is 0 Å². The molecule has 3 nitrogen and oxygen atoms in total. The summed E-state index contributed by atoms with van der Waals surface area (Å²) in [6, 6.07) is 8.10. The number of nitrogens with one attached hydrogen (secondary N) is 2. The van der Waals surface area contributed by atoms with Gasteiger partial charge in [-0.05, 0) is 31.5 Å². The van der Waals surface area contributed by atoms with Crippen molar-refractivity contribution in [3.63, 3.8) is 0 Å². The van der Waals surface area contributed by atoms with E-state index in [0.717, 1.165) is 5.69 Å². The molecular weight excluding hydrogens is 236 g/mol. The van der Waals surface area contributed by atoms with E-state index in [1.807, 2.05) is 24.3 Å². The van der Waals surface area contributed by atoms with Gasteiger partial charge in [-0.1, -0.05) is 38.7 Å². The summed E-state index contributed by atoms with van der Waals surface area (Å²) in [7, 11) is 1.65. The first-order chi connectivity index (χ1) is 9.17. The van der Waals surface area contributed by atoms with E-state index in [9.17, 15) is 4.79 Å². The number of hydrogen-bond donors (Lipinski definition) is 2. The third kappa shape index (κ3) is 5.77. The fourth-order valence-electron chi connectivity index (χ4n) is 2.13. The minimum absolute atomic E-state index is 0.0424. The Morgan fingerprint density at radius 1 is 1.26 bits per heavy atom. The van der Waals surface area contributed by atoms with Crippen molar-refractivity contribution in [2.45, 2.75) is 52.0 Å². The van der Waals surface area contributed by atoms with Crippen LogP contribution in [0.2, 0.25) is 0 Å². The quantitative estimate of drug-likeness (QED) is 0.699. The lowest BCUT2D eigenvalue weighted by Crippen LogP contribution is -2.19. The molecule has 0 bridgehead atoms. The zero-order chi connectivity index (χ0) is 14.1. The predicted octanol–water partition coefficient (Wildman–Crippen LogP) is 3.82. The van der Waals surface area contributed by atoms with E-state index in [1.54, 1.807) is 7.05 Å². The van der Waals surface area contributed by atoms with E-state index in [2.05, 4.69) is 24.5 Å². The lowest BCUT2D eigenvalue weighted by molar-refractivity contribution is 0.0963. The SMILES string of the molecule is CCCCCCC(C)Nc1cccc(C(=O)NC)c1. The second-order valence-corrected chi connectivity index (χ2v) is 5.05. The Morgan fingerprint density at radius 3 is 2.74 bits per heavy atom. The molecule has 0 heterocycles. The van der Waals surface area contributed by atoms with Gasteiger partial charge < -0.3 is 10.6 Å². The molecule has 106 valence electrons. The number of amides is 1. The lowest BCUT2D eigenvalue weighted by Gasteiger charge is -2.15. The van der Waals surface area contributed by atoms with Crippen molar-refractivity contribution < 1.29 is 4.79 Å². The third-order valence-corrected chi connectivity index (χ3v) is 3.26. The highest BCUT2D eigenvalue weighted by Gasteiger charge is 2.06. The Bertz CT molecular complexity index is 390. The largest absolute Gasteiger partial charge is 0.383 e. The van der Waals surface area contributed by atoms with Gasteiger partial charge in [0, 0.05) is 24.3 Å². The molecule has 0 aliphatic heterocycles. The minimum atomic E-state index is -0.0424. The maximum Gasteiger partial charge on any atom is 0.251 e. The van der Waals surface area contributed by atoms with Crippen LogP contribution in [0.1, 0.15) is 56.3 Å². The standard InChI is InChI=1S/C16H26N2O/c1-4-5-6-7-9-13(2)18-15-11-8-10-14(12-15)16(19)17-3/h8,10-13,18H,4-7,9H2,1-3H3,(H,17,19). The summed E-state index contributed by atoms with van der Waals surface area (Å²) in [5, 5.41) is 6.10. The van der Waals surface area contributed by atoms with Crippen molar-refractivity contribution in [1.29, 1.82) is 0 Å². The monoisotopic (exact) mass is 262 g/mol. The smallest absolute Gasteiger partial charge is 0.251 e. The van der Waals surface area contributed by atoms with Crippen molar-refractivity contribution in [2.24, 2.45) is 0 Å². The third-order valence-electron chi connectivity index (χ3n) is 3.26. The van der Waals surface area contributed by atoms with Gasteiger partial charge in [0.2, 0.25) is 0 Å². The van der Waals surface area contributed by atoms with Crippen molar-refractivity contribution >= 4 is 11.6 Å². The molecule has 0 saturated carbocycles. The molecule has 0 aliphatic rings. The second kappa shape index (κ2) is 8.57. The molecule has 1 amide bonds. The molecule has 0 fully saturated rings. The lowest BCUT2D eigenvalue weighted by atomic mass is 10.1. The van der Waals surface area contributed by atoms with E-state index in [0.29, 0.717) is 11.6 Å². The summed E-state index contributed by atoms with van der Waals surface area (Å²) in [5.41, 5.74) is 1.72. The first kappa shape index (κ1) is 15.5. The Kier molecular flexibility index (Phi) is 7.01. The van der Waals surface area contributed by atoms with Crippen LogP contribution in [0.5, 0.6) is 0 Å². The molecule has 0 aliphatic carbocycles. The van der Waals surface area contributed by atoms with Crippen molar-refractivity contribution in [3.05, 3.63) is 29.8 Å². The summed E-state index contributed by atoms with van der Waals surface area (Å²) in [4.78, 5) is 11.6. The van der Waals surface area contributed by atoms with Gasteiger partial charge in [0.05, 0.1) is 0 Å². The molecule has 1 atom stereocenters. The van der Waals surface area contributed by atoms with Crippen molar-refractivity contribution in [3.8, 4) is 0 Å². The number of hydrogen-bond acceptors (Lipinski definition) is 2. The zero-order valence-electron chi connectivity index (χ0n) is 12.3.